The summed E-state index contributed by atoms with van der Waals surface area (Å²) in [5, 5.41) is 9.02. The van der Waals surface area contributed by atoms with E-state index in [0.717, 1.165) is 17.8 Å². The Bertz CT molecular complexity index is 593. The quantitative estimate of drug-likeness (QED) is 0.794. The molecule has 0 aromatic carbocycles. The molecule has 1 aliphatic rings. The number of nitrogens with zero attached hydrogens (tertiary/aromatic N) is 5. The minimum atomic E-state index is 0.495. The average molecular weight is 320 g/mol. The van der Waals surface area contributed by atoms with Gasteiger partial charge in [-0.15, -0.1) is 5.10 Å². The van der Waals surface area contributed by atoms with Gasteiger partial charge < -0.3 is 4.90 Å². The van der Waals surface area contributed by atoms with Gasteiger partial charge in [0.1, 0.15) is 10.8 Å². The van der Waals surface area contributed by atoms with Crippen molar-refractivity contribution in [3.63, 3.8) is 0 Å². The van der Waals surface area contributed by atoms with Gasteiger partial charge in [-0.3, -0.25) is 4.68 Å². The third-order valence-electron chi connectivity index (χ3n) is 4.15. The Morgan fingerprint density at radius 1 is 1.36 bits per heavy atom. The van der Waals surface area contributed by atoms with Crippen LogP contribution in [0.3, 0.4) is 0 Å². The Labute approximate surface area is 136 Å². The maximum Gasteiger partial charge on any atom is 0.129 e. The highest BCUT2D eigenvalue weighted by molar-refractivity contribution is 6.29. The highest BCUT2D eigenvalue weighted by Crippen LogP contribution is 2.20. The highest BCUT2D eigenvalue weighted by atomic mass is 35.5. The van der Waals surface area contributed by atoms with Gasteiger partial charge in [-0.25, -0.2) is 4.98 Å². The number of aromatic nitrogens is 4. The lowest BCUT2D eigenvalue weighted by molar-refractivity contribution is 0.159. The first-order chi connectivity index (χ1) is 10.7. The van der Waals surface area contributed by atoms with Crippen molar-refractivity contribution in [2.75, 3.05) is 19.6 Å². The second-order valence-electron chi connectivity index (χ2n) is 6.00. The zero-order valence-electron chi connectivity index (χ0n) is 13.0. The Morgan fingerprint density at radius 2 is 2.27 bits per heavy atom. The predicted octanol–water partition coefficient (Wildman–Crippen LogP) is 3.12. The van der Waals surface area contributed by atoms with Crippen molar-refractivity contribution in [3.8, 4) is 11.3 Å². The molecule has 0 unspecified atom stereocenters. The number of likely N-dealkylation sites (tertiary alicyclic amines) is 1. The molecule has 1 aliphatic heterocycles. The molecule has 0 aliphatic carbocycles. The lowest BCUT2D eigenvalue weighted by Gasteiger charge is -2.32. The van der Waals surface area contributed by atoms with Gasteiger partial charge in [-0.1, -0.05) is 23.7 Å². The van der Waals surface area contributed by atoms with Crippen molar-refractivity contribution >= 4 is 11.6 Å². The third kappa shape index (κ3) is 3.84. The summed E-state index contributed by atoms with van der Waals surface area (Å²) in [6.45, 7) is 6.80. The summed E-state index contributed by atoms with van der Waals surface area (Å²) < 4.78 is 1.96. The van der Waals surface area contributed by atoms with Crippen LogP contribution < -0.4 is 0 Å². The molecule has 1 atom stereocenters. The van der Waals surface area contributed by atoms with Gasteiger partial charge in [-0.05, 0) is 50.4 Å². The molecule has 6 heteroatoms. The average Bonchev–Trinajstić information content (AvgIpc) is 2.97. The minimum absolute atomic E-state index is 0.495. The maximum atomic E-state index is 5.82. The van der Waals surface area contributed by atoms with Crippen molar-refractivity contribution in [1.29, 1.82) is 0 Å². The Balaban J connectivity index is 1.63. The predicted molar refractivity (Wildman–Crippen MR) is 87.7 cm³/mol. The molecule has 118 valence electrons. The number of pyridine rings is 1. The largest absolute Gasteiger partial charge is 0.303 e. The van der Waals surface area contributed by atoms with Gasteiger partial charge in [0.15, 0.2) is 0 Å². The number of halogens is 1. The van der Waals surface area contributed by atoms with Gasteiger partial charge in [0.25, 0.3) is 0 Å². The molecule has 3 heterocycles. The first kappa shape index (κ1) is 15.4. The molecule has 2 aromatic heterocycles. The third-order valence-corrected chi connectivity index (χ3v) is 4.37. The first-order valence-corrected chi connectivity index (χ1v) is 8.37. The fourth-order valence-electron chi connectivity index (χ4n) is 3.13. The highest BCUT2D eigenvalue weighted by Gasteiger charge is 2.20. The second kappa shape index (κ2) is 7.20. The van der Waals surface area contributed by atoms with Crippen LogP contribution in [0.2, 0.25) is 5.15 Å². The van der Waals surface area contributed by atoms with Gasteiger partial charge >= 0.3 is 0 Å². The standard InChI is InChI=1S/C16H22ClN5/c1-2-7-21-8-3-4-13(10-21)11-22-12-15(19-20-22)14-5-6-16(17)18-9-14/h5-6,9,12-13H,2-4,7-8,10-11H2,1H3/t13-/m1/s1. The number of hydrogen-bond donors (Lipinski definition) is 0. The maximum absolute atomic E-state index is 5.82. The summed E-state index contributed by atoms with van der Waals surface area (Å²) in [4.78, 5) is 6.66. The van der Waals surface area contributed by atoms with E-state index in [1.807, 2.05) is 16.9 Å². The molecule has 0 amide bonds. The van der Waals surface area contributed by atoms with E-state index < -0.39 is 0 Å². The fourth-order valence-corrected chi connectivity index (χ4v) is 3.24. The molecular weight excluding hydrogens is 298 g/mol. The Kier molecular flexibility index (Phi) is 5.05. The molecular formula is C16H22ClN5. The van der Waals surface area contributed by atoms with Crippen LogP contribution in [-0.2, 0) is 6.54 Å². The minimum Gasteiger partial charge on any atom is -0.303 e. The molecule has 0 spiro atoms. The molecule has 22 heavy (non-hydrogen) atoms. The van der Waals surface area contributed by atoms with E-state index in [2.05, 4.69) is 27.1 Å². The van der Waals surface area contributed by atoms with E-state index in [1.165, 1.54) is 38.9 Å². The monoisotopic (exact) mass is 319 g/mol. The summed E-state index contributed by atoms with van der Waals surface area (Å²) in [6.07, 6.45) is 7.53. The van der Waals surface area contributed by atoms with Gasteiger partial charge in [-0.2, -0.15) is 0 Å². The molecule has 0 bridgehead atoms. The molecule has 5 nitrogen and oxygen atoms in total. The lowest BCUT2D eigenvalue weighted by atomic mass is 9.98. The fraction of sp³-hybridized carbons (Fsp3) is 0.562. The van der Waals surface area contributed by atoms with Crippen LogP contribution in [0.15, 0.2) is 24.5 Å². The van der Waals surface area contributed by atoms with Crippen LogP contribution in [-0.4, -0.2) is 44.5 Å². The second-order valence-corrected chi connectivity index (χ2v) is 6.39. The number of piperidine rings is 1. The normalized spacial score (nSPS) is 19.5. The first-order valence-electron chi connectivity index (χ1n) is 7.99. The van der Waals surface area contributed by atoms with Crippen LogP contribution >= 0.6 is 11.6 Å². The molecule has 1 fully saturated rings. The molecule has 1 saturated heterocycles. The van der Waals surface area contributed by atoms with Crippen LogP contribution in [0, 0.1) is 5.92 Å². The van der Waals surface area contributed by atoms with Crippen LogP contribution in [0.5, 0.6) is 0 Å². The topological polar surface area (TPSA) is 46.8 Å². The molecule has 0 radical (unpaired) electrons. The zero-order valence-corrected chi connectivity index (χ0v) is 13.7. The van der Waals surface area contributed by atoms with E-state index in [0.29, 0.717) is 11.1 Å². The Morgan fingerprint density at radius 3 is 3.05 bits per heavy atom. The molecule has 0 saturated carbocycles. The summed E-state index contributed by atoms with van der Waals surface area (Å²) in [7, 11) is 0. The Hall–Kier alpha value is -1.46. The summed E-state index contributed by atoms with van der Waals surface area (Å²) >= 11 is 5.82. The SMILES string of the molecule is CCCN1CCC[C@@H](Cn2cc(-c3ccc(Cl)nc3)nn2)C1. The van der Waals surface area contributed by atoms with Crippen molar-refractivity contribution < 1.29 is 0 Å². The molecule has 0 N–H and O–H groups in total. The number of rotatable bonds is 5. The smallest absolute Gasteiger partial charge is 0.129 e. The van der Waals surface area contributed by atoms with Crippen molar-refractivity contribution in [1.82, 2.24) is 24.9 Å². The van der Waals surface area contributed by atoms with E-state index in [-0.39, 0.29) is 0 Å². The van der Waals surface area contributed by atoms with Crippen LogP contribution in [0.1, 0.15) is 26.2 Å². The molecule has 3 rings (SSSR count). The van der Waals surface area contributed by atoms with Gasteiger partial charge in [0, 0.05) is 24.8 Å². The van der Waals surface area contributed by atoms with Gasteiger partial charge in [0.2, 0.25) is 0 Å². The zero-order chi connectivity index (χ0) is 15.4. The van der Waals surface area contributed by atoms with Crippen LogP contribution in [0.25, 0.3) is 11.3 Å². The van der Waals surface area contributed by atoms with E-state index in [9.17, 15) is 0 Å². The van der Waals surface area contributed by atoms with Gasteiger partial charge in [0.05, 0.1) is 6.20 Å². The van der Waals surface area contributed by atoms with Crippen LogP contribution in [0.4, 0.5) is 0 Å². The van der Waals surface area contributed by atoms with Crippen molar-refractivity contribution in [2.24, 2.45) is 5.92 Å². The lowest BCUT2D eigenvalue weighted by Crippen LogP contribution is -2.37. The van der Waals surface area contributed by atoms with Crippen molar-refractivity contribution in [3.05, 3.63) is 29.7 Å². The molecule has 2 aromatic rings. The van der Waals surface area contributed by atoms with E-state index in [1.54, 1.807) is 12.3 Å². The van der Waals surface area contributed by atoms with E-state index >= 15 is 0 Å². The summed E-state index contributed by atoms with van der Waals surface area (Å²) in [5.41, 5.74) is 1.80. The summed E-state index contributed by atoms with van der Waals surface area (Å²) in [6, 6.07) is 3.70. The number of hydrogen-bond acceptors (Lipinski definition) is 4. The summed E-state index contributed by atoms with van der Waals surface area (Å²) in [5.74, 6) is 0.665. The van der Waals surface area contributed by atoms with E-state index in [4.69, 9.17) is 11.6 Å². The van der Waals surface area contributed by atoms with Crippen molar-refractivity contribution in [2.45, 2.75) is 32.7 Å².